The maximum absolute atomic E-state index is 13.4. The third-order valence-corrected chi connectivity index (χ3v) is 5.76. The smallest absolute Gasteiger partial charge is 0.347 e. The first kappa shape index (κ1) is 21.4. The first-order valence-corrected chi connectivity index (χ1v) is 10.4. The summed E-state index contributed by atoms with van der Waals surface area (Å²) in [7, 11) is 1.53. The molecule has 0 saturated heterocycles. The number of methoxy groups -OCH3 is 1. The highest BCUT2D eigenvalue weighted by atomic mass is 32.2. The van der Waals surface area contributed by atoms with E-state index in [4.69, 9.17) is 9.15 Å². The van der Waals surface area contributed by atoms with Crippen LogP contribution in [0.2, 0.25) is 0 Å². The molecule has 1 aromatic heterocycles. The van der Waals surface area contributed by atoms with Crippen LogP contribution in [0, 0.1) is 20.8 Å². The number of rotatable bonds is 6. The van der Waals surface area contributed by atoms with Crippen molar-refractivity contribution in [2.45, 2.75) is 39.8 Å². The largest absolute Gasteiger partial charge is 0.496 e. The van der Waals surface area contributed by atoms with E-state index < -0.39 is 17.6 Å². The lowest BCUT2D eigenvalue weighted by Crippen LogP contribution is -2.10. The van der Waals surface area contributed by atoms with Crippen molar-refractivity contribution in [3.8, 4) is 16.9 Å². The molecular formula is C23H24F2O3S. The van der Waals surface area contributed by atoms with E-state index in [9.17, 15) is 13.6 Å². The zero-order chi connectivity index (χ0) is 21.1. The van der Waals surface area contributed by atoms with Crippen molar-refractivity contribution in [3.05, 3.63) is 74.0 Å². The van der Waals surface area contributed by atoms with E-state index in [2.05, 4.69) is 0 Å². The Morgan fingerprint density at radius 1 is 1.17 bits per heavy atom. The van der Waals surface area contributed by atoms with Crippen molar-refractivity contribution in [3.63, 3.8) is 0 Å². The second kappa shape index (κ2) is 8.99. The molecule has 1 aliphatic carbocycles. The van der Waals surface area contributed by atoms with E-state index in [1.165, 1.54) is 31.0 Å². The number of benzene rings is 1. The van der Waals surface area contributed by atoms with Crippen molar-refractivity contribution >= 4 is 11.8 Å². The molecule has 0 radical (unpaired) electrons. The van der Waals surface area contributed by atoms with E-state index in [-0.39, 0.29) is 6.42 Å². The fourth-order valence-electron chi connectivity index (χ4n) is 3.65. The maximum atomic E-state index is 13.4. The van der Waals surface area contributed by atoms with Gasteiger partial charge in [-0.05, 0) is 49.6 Å². The first-order chi connectivity index (χ1) is 13.8. The van der Waals surface area contributed by atoms with Crippen molar-refractivity contribution in [2.75, 3.05) is 12.9 Å². The van der Waals surface area contributed by atoms with Crippen LogP contribution in [0.15, 0.2) is 50.3 Å². The molecule has 0 N–H and O–H groups in total. The average Bonchev–Trinajstić information content (AvgIpc) is 2.61. The maximum Gasteiger partial charge on any atom is 0.347 e. The summed E-state index contributed by atoms with van der Waals surface area (Å²) in [5.74, 6) is 1.01. The first-order valence-electron chi connectivity index (χ1n) is 9.42. The summed E-state index contributed by atoms with van der Waals surface area (Å²) < 4.78 is 37.9. The van der Waals surface area contributed by atoms with Gasteiger partial charge < -0.3 is 9.15 Å². The molecule has 0 saturated carbocycles. The Hall–Kier alpha value is -2.34. The number of hydrogen-bond acceptors (Lipinski definition) is 4. The molecule has 0 fully saturated rings. The van der Waals surface area contributed by atoms with Crippen molar-refractivity contribution in [2.24, 2.45) is 0 Å². The minimum Gasteiger partial charge on any atom is -0.496 e. The normalized spacial score (nSPS) is 16.4. The fourth-order valence-corrected chi connectivity index (χ4v) is 4.64. The van der Waals surface area contributed by atoms with Crippen LogP contribution in [0.1, 0.15) is 28.9 Å². The number of hydrogen-bond donors (Lipinski definition) is 0. The number of ether oxygens (including phenoxy) is 1. The van der Waals surface area contributed by atoms with Crippen LogP contribution in [0.3, 0.4) is 0 Å². The monoisotopic (exact) mass is 418 g/mol. The number of aryl methyl sites for hydroxylation is 4. The number of halogens is 2. The molecule has 0 spiro atoms. The molecular weight excluding hydrogens is 394 g/mol. The summed E-state index contributed by atoms with van der Waals surface area (Å²) in [5.41, 5.74) is 3.87. The lowest BCUT2D eigenvalue weighted by atomic mass is 9.94. The Morgan fingerprint density at radius 3 is 2.48 bits per heavy atom. The molecule has 3 rings (SSSR count). The van der Waals surface area contributed by atoms with Crippen LogP contribution in [-0.2, 0) is 6.42 Å². The number of thioether (sulfide) groups is 1. The standard InChI is InChI=1S/C23H24F2O3S/c1-13-7-14(2)21(15(3)8-13)22-20(27-4)12-18(28-23(22)26)5-6-29-19-10-16(24)9-17(25)11-19/h7-8,10-12,16H,5-6,9H2,1-4H3. The van der Waals surface area contributed by atoms with Gasteiger partial charge in [0.15, 0.2) is 0 Å². The van der Waals surface area contributed by atoms with Crippen LogP contribution in [0.5, 0.6) is 5.75 Å². The zero-order valence-electron chi connectivity index (χ0n) is 17.0. The number of allylic oxidation sites excluding steroid dienone is 3. The van der Waals surface area contributed by atoms with Gasteiger partial charge in [-0.15, -0.1) is 11.8 Å². The highest BCUT2D eigenvalue weighted by Crippen LogP contribution is 2.34. The van der Waals surface area contributed by atoms with Gasteiger partial charge in [0.25, 0.3) is 0 Å². The van der Waals surface area contributed by atoms with Crippen LogP contribution in [0.25, 0.3) is 11.1 Å². The molecule has 3 nitrogen and oxygen atoms in total. The second-order valence-electron chi connectivity index (χ2n) is 7.20. The zero-order valence-corrected chi connectivity index (χ0v) is 17.8. The summed E-state index contributed by atoms with van der Waals surface area (Å²) in [5, 5.41) is 0. The Kier molecular flexibility index (Phi) is 6.63. The second-order valence-corrected chi connectivity index (χ2v) is 8.36. The van der Waals surface area contributed by atoms with Crippen LogP contribution >= 0.6 is 11.8 Å². The summed E-state index contributed by atoms with van der Waals surface area (Å²) in [6.07, 6.45) is 1.71. The van der Waals surface area contributed by atoms with Gasteiger partial charge in [0.05, 0.1) is 7.11 Å². The van der Waals surface area contributed by atoms with Crippen LogP contribution in [-0.4, -0.2) is 19.0 Å². The highest BCUT2D eigenvalue weighted by molar-refractivity contribution is 8.03. The minimum atomic E-state index is -1.29. The van der Waals surface area contributed by atoms with Gasteiger partial charge in [-0.3, -0.25) is 0 Å². The molecule has 29 heavy (non-hydrogen) atoms. The van der Waals surface area contributed by atoms with E-state index in [0.29, 0.717) is 34.2 Å². The van der Waals surface area contributed by atoms with Crippen LogP contribution < -0.4 is 10.4 Å². The Morgan fingerprint density at radius 2 is 1.86 bits per heavy atom. The molecule has 1 unspecified atom stereocenters. The van der Waals surface area contributed by atoms with Gasteiger partial charge in [0.2, 0.25) is 0 Å². The van der Waals surface area contributed by atoms with Crippen LogP contribution in [0.4, 0.5) is 8.78 Å². The quantitative estimate of drug-likeness (QED) is 0.577. The summed E-state index contributed by atoms with van der Waals surface area (Å²) >= 11 is 1.33. The molecule has 0 amide bonds. The van der Waals surface area contributed by atoms with Gasteiger partial charge in [0, 0.05) is 29.6 Å². The summed E-state index contributed by atoms with van der Waals surface area (Å²) in [6, 6.07) is 5.77. The van der Waals surface area contributed by atoms with E-state index in [0.717, 1.165) is 22.3 Å². The lowest BCUT2D eigenvalue weighted by molar-refractivity contribution is 0.368. The minimum absolute atomic E-state index is 0.199. The van der Waals surface area contributed by atoms with Gasteiger partial charge in [0.1, 0.15) is 29.1 Å². The molecule has 0 bridgehead atoms. The Balaban J connectivity index is 1.84. The number of alkyl halides is 1. The SMILES string of the molecule is COc1cc(CCSC2=CC(F)CC(F)=C2)oc(=O)c1-c1c(C)cc(C)cc1C. The lowest BCUT2D eigenvalue weighted by Gasteiger charge is -2.15. The van der Waals surface area contributed by atoms with Crippen molar-refractivity contribution in [1.29, 1.82) is 0 Å². The highest BCUT2D eigenvalue weighted by Gasteiger charge is 2.19. The summed E-state index contributed by atoms with van der Waals surface area (Å²) in [4.78, 5) is 13.3. The third-order valence-electron chi connectivity index (χ3n) is 4.76. The van der Waals surface area contributed by atoms with Gasteiger partial charge in [-0.25, -0.2) is 13.6 Å². The molecule has 154 valence electrons. The molecule has 1 heterocycles. The molecule has 1 aromatic carbocycles. The fraction of sp³-hybridized carbons (Fsp3) is 0.348. The van der Waals surface area contributed by atoms with Gasteiger partial charge in [-0.2, -0.15) is 0 Å². The van der Waals surface area contributed by atoms with E-state index in [1.807, 2.05) is 32.9 Å². The molecule has 1 atom stereocenters. The van der Waals surface area contributed by atoms with Crippen molar-refractivity contribution < 1.29 is 17.9 Å². The predicted molar refractivity (Wildman–Crippen MR) is 114 cm³/mol. The van der Waals surface area contributed by atoms with Gasteiger partial charge in [-0.1, -0.05) is 17.7 Å². The summed E-state index contributed by atoms with van der Waals surface area (Å²) in [6.45, 7) is 5.93. The third kappa shape index (κ3) is 4.99. The predicted octanol–water partition coefficient (Wildman–Crippen LogP) is 6.00. The average molecular weight is 419 g/mol. The Labute approximate surface area is 173 Å². The van der Waals surface area contributed by atoms with E-state index in [1.54, 1.807) is 6.07 Å². The molecule has 2 aromatic rings. The topological polar surface area (TPSA) is 39.4 Å². The van der Waals surface area contributed by atoms with E-state index >= 15 is 0 Å². The molecule has 0 aliphatic heterocycles. The molecule has 1 aliphatic rings. The van der Waals surface area contributed by atoms with Crippen molar-refractivity contribution in [1.82, 2.24) is 0 Å². The Bertz CT molecular complexity index is 1010. The van der Waals surface area contributed by atoms with Gasteiger partial charge >= 0.3 is 5.63 Å². The molecule has 6 heteroatoms.